The highest BCUT2D eigenvalue weighted by Crippen LogP contribution is 2.27. The lowest BCUT2D eigenvalue weighted by Gasteiger charge is -2.24. The van der Waals surface area contributed by atoms with Gasteiger partial charge < -0.3 is 24.3 Å². The number of aromatic nitrogens is 2. The Kier molecular flexibility index (Phi) is 6.31. The molecule has 27 heavy (non-hydrogen) atoms. The van der Waals surface area contributed by atoms with E-state index in [2.05, 4.69) is 10.4 Å². The third-order valence-corrected chi connectivity index (χ3v) is 4.65. The van der Waals surface area contributed by atoms with Crippen molar-refractivity contribution in [3.05, 3.63) is 41.2 Å². The molecule has 1 amide bonds. The van der Waals surface area contributed by atoms with Gasteiger partial charge in [0.2, 0.25) is 0 Å². The zero-order valence-electron chi connectivity index (χ0n) is 15.9. The van der Waals surface area contributed by atoms with E-state index in [1.807, 2.05) is 10.9 Å². The second kappa shape index (κ2) is 8.88. The number of methoxy groups -OCH3 is 3. The van der Waals surface area contributed by atoms with Crippen LogP contribution in [0.15, 0.2) is 24.4 Å². The van der Waals surface area contributed by atoms with E-state index < -0.39 is 0 Å². The molecular formula is C19H25N3O5. The van der Waals surface area contributed by atoms with Crippen LogP contribution in [0.4, 0.5) is 0 Å². The van der Waals surface area contributed by atoms with Crippen molar-refractivity contribution in [2.75, 3.05) is 41.1 Å². The summed E-state index contributed by atoms with van der Waals surface area (Å²) < 4.78 is 23.2. The third-order valence-electron chi connectivity index (χ3n) is 4.65. The highest BCUT2D eigenvalue weighted by atomic mass is 16.5. The second-order valence-electron chi connectivity index (χ2n) is 6.25. The summed E-state index contributed by atoms with van der Waals surface area (Å²) in [5, 5.41) is 7.40. The van der Waals surface area contributed by atoms with Crippen LogP contribution in [0.5, 0.6) is 11.5 Å². The summed E-state index contributed by atoms with van der Waals surface area (Å²) in [6, 6.07) is 5.12. The smallest absolute Gasteiger partial charge is 0.255 e. The molecule has 3 rings (SSSR count). The Balaban J connectivity index is 1.68. The predicted molar refractivity (Wildman–Crippen MR) is 98.4 cm³/mol. The number of benzene rings is 1. The number of fused-ring (bicyclic) bond motifs is 1. The number of ether oxygens (including phenoxy) is 4. The Morgan fingerprint density at radius 1 is 1.33 bits per heavy atom. The summed E-state index contributed by atoms with van der Waals surface area (Å²) in [5.41, 5.74) is 2.62. The number of hydrogen-bond acceptors (Lipinski definition) is 6. The second-order valence-corrected chi connectivity index (χ2v) is 6.25. The van der Waals surface area contributed by atoms with Gasteiger partial charge in [-0.2, -0.15) is 5.10 Å². The first-order valence-corrected chi connectivity index (χ1v) is 8.79. The molecule has 2 aromatic rings. The zero-order valence-corrected chi connectivity index (χ0v) is 15.9. The van der Waals surface area contributed by atoms with E-state index in [4.69, 9.17) is 18.9 Å². The molecule has 1 unspecified atom stereocenters. The van der Waals surface area contributed by atoms with Crippen LogP contribution in [-0.2, 0) is 22.6 Å². The summed E-state index contributed by atoms with van der Waals surface area (Å²) >= 11 is 0. The summed E-state index contributed by atoms with van der Waals surface area (Å²) in [5.74, 6) is 0.962. The minimum atomic E-state index is -0.201. The molecule has 0 spiro atoms. The molecule has 1 aliphatic rings. The molecule has 1 N–H and O–H groups in total. The molecule has 1 aliphatic heterocycles. The fourth-order valence-electron chi connectivity index (χ4n) is 3.15. The maximum Gasteiger partial charge on any atom is 0.255 e. The fraction of sp³-hybridized carbons (Fsp3) is 0.474. The van der Waals surface area contributed by atoms with Gasteiger partial charge in [-0.1, -0.05) is 0 Å². The van der Waals surface area contributed by atoms with Gasteiger partial charge in [-0.05, 0) is 12.1 Å². The molecule has 1 atom stereocenters. The van der Waals surface area contributed by atoms with Gasteiger partial charge in [0.1, 0.15) is 11.5 Å². The minimum absolute atomic E-state index is 0.0539. The van der Waals surface area contributed by atoms with Crippen molar-refractivity contribution in [2.45, 2.75) is 19.1 Å². The molecule has 0 saturated carbocycles. The van der Waals surface area contributed by atoms with E-state index >= 15 is 0 Å². The number of carbonyl (C=O) groups excluding carboxylic acids is 1. The van der Waals surface area contributed by atoms with Crippen LogP contribution in [-0.4, -0.2) is 56.8 Å². The standard InChI is InChI=1S/C19H25N3O5/c1-24-7-6-22-17-12-27-11-13(16(17)10-21-22)9-20-19(23)15-5-4-14(25-2)8-18(15)26-3/h4-5,8,10,13H,6-7,9,11-12H2,1-3H3,(H,20,23). The molecule has 1 aromatic heterocycles. The lowest BCUT2D eigenvalue weighted by atomic mass is 9.98. The topological polar surface area (TPSA) is 83.8 Å². The summed E-state index contributed by atoms with van der Waals surface area (Å²) in [4.78, 5) is 12.6. The Bertz CT molecular complexity index is 790. The van der Waals surface area contributed by atoms with E-state index in [0.717, 1.165) is 11.3 Å². The third kappa shape index (κ3) is 4.23. The summed E-state index contributed by atoms with van der Waals surface area (Å²) in [6.07, 6.45) is 1.86. The van der Waals surface area contributed by atoms with Crippen LogP contribution in [0, 0.1) is 0 Å². The molecule has 0 fully saturated rings. The summed E-state index contributed by atoms with van der Waals surface area (Å²) in [7, 11) is 4.77. The summed E-state index contributed by atoms with van der Waals surface area (Å²) in [6.45, 7) is 2.79. The molecule has 0 aliphatic carbocycles. The number of amides is 1. The Hall–Kier alpha value is -2.58. The van der Waals surface area contributed by atoms with Gasteiger partial charge in [0.25, 0.3) is 5.91 Å². The van der Waals surface area contributed by atoms with Crippen molar-refractivity contribution < 1.29 is 23.7 Å². The first-order chi connectivity index (χ1) is 13.2. The lowest BCUT2D eigenvalue weighted by molar-refractivity contribution is 0.0795. The molecule has 8 nitrogen and oxygen atoms in total. The van der Waals surface area contributed by atoms with E-state index in [1.54, 1.807) is 32.4 Å². The van der Waals surface area contributed by atoms with Gasteiger partial charge in [0, 0.05) is 31.2 Å². The molecule has 0 saturated heterocycles. The highest BCUT2D eigenvalue weighted by Gasteiger charge is 2.26. The largest absolute Gasteiger partial charge is 0.497 e. The Morgan fingerprint density at radius 2 is 2.19 bits per heavy atom. The molecule has 2 heterocycles. The molecule has 1 aromatic carbocycles. The SMILES string of the molecule is COCCn1ncc2c1COCC2CNC(=O)c1ccc(OC)cc1OC. The van der Waals surface area contributed by atoms with Gasteiger partial charge in [0.15, 0.2) is 0 Å². The Morgan fingerprint density at radius 3 is 2.93 bits per heavy atom. The number of nitrogens with one attached hydrogen (secondary N) is 1. The number of carbonyl (C=O) groups is 1. The highest BCUT2D eigenvalue weighted by molar-refractivity contribution is 5.97. The van der Waals surface area contributed by atoms with Gasteiger partial charge in [-0.25, -0.2) is 0 Å². The van der Waals surface area contributed by atoms with Crippen molar-refractivity contribution >= 4 is 5.91 Å². The van der Waals surface area contributed by atoms with Crippen molar-refractivity contribution in [1.82, 2.24) is 15.1 Å². The van der Waals surface area contributed by atoms with E-state index in [9.17, 15) is 4.79 Å². The van der Waals surface area contributed by atoms with Crippen molar-refractivity contribution in [1.29, 1.82) is 0 Å². The Labute approximate surface area is 158 Å². The molecule has 0 radical (unpaired) electrons. The number of rotatable bonds is 8. The number of nitrogens with zero attached hydrogens (tertiary/aromatic N) is 2. The first-order valence-electron chi connectivity index (χ1n) is 8.79. The van der Waals surface area contributed by atoms with E-state index in [0.29, 0.717) is 50.0 Å². The van der Waals surface area contributed by atoms with Gasteiger partial charge in [-0.15, -0.1) is 0 Å². The van der Waals surface area contributed by atoms with E-state index in [1.165, 1.54) is 7.11 Å². The van der Waals surface area contributed by atoms with Crippen molar-refractivity contribution in [3.8, 4) is 11.5 Å². The number of hydrogen-bond donors (Lipinski definition) is 1. The van der Waals surface area contributed by atoms with Crippen LogP contribution in [0.3, 0.4) is 0 Å². The van der Waals surface area contributed by atoms with Crippen LogP contribution in [0.25, 0.3) is 0 Å². The van der Waals surface area contributed by atoms with Gasteiger partial charge in [-0.3, -0.25) is 9.48 Å². The molecular weight excluding hydrogens is 350 g/mol. The van der Waals surface area contributed by atoms with Gasteiger partial charge >= 0.3 is 0 Å². The van der Waals surface area contributed by atoms with Crippen LogP contribution >= 0.6 is 0 Å². The fourth-order valence-corrected chi connectivity index (χ4v) is 3.15. The molecule has 146 valence electrons. The van der Waals surface area contributed by atoms with Crippen molar-refractivity contribution in [3.63, 3.8) is 0 Å². The van der Waals surface area contributed by atoms with Crippen LogP contribution < -0.4 is 14.8 Å². The normalized spacial score (nSPS) is 15.9. The average Bonchev–Trinajstić information content (AvgIpc) is 3.13. The molecule has 0 bridgehead atoms. The lowest BCUT2D eigenvalue weighted by Crippen LogP contribution is -2.32. The quantitative estimate of drug-likeness (QED) is 0.754. The van der Waals surface area contributed by atoms with Crippen LogP contribution in [0.1, 0.15) is 27.5 Å². The maximum atomic E-state index is 12.6. The predicted octanol–water partition coefficient (Wildman–Crippen LogP) is 1.59. The minimum Gasteiger partial charge on any atom is -0.497 e. The monoisotopic (exact) mass is 375 g/mol. The van der Waals surface area contributed by atoms with E-state index in [-0.39, 0.29) is 11.8 Å². The maximum absolute atomic E-state index is 12.6. The average molecular weight is 375 g/mol. The first kappa shape index (κ1) is 19.2. The van der Waals surface area contributed by atoms with Crippen LogP contribution in [0.2, 0.25) is 0 Å². The zero-order chi connectivity index (χ0) is 19.2. The van der Waals surface area contributed by atoms with Crippen molar-refractivity contribution in [2.24, 2.45) is 0 Å². The molecule has 8 heteroatoms. The van der Waals surface area contributed by atoms with Gasteiger partial charge in [0.05, 0.1) is 58.0 Å².